The molecule has 0 saturated heterocycles. The van der Waals surface area contributed by atoms with Crippen molar-refractivity contribution in [2.75, 3.05) is 5.32 Å². The van der Waals surface area contributed by atoms with Crippen LogP contribution in [0.15, 0.2) is 76.1 Å². The standard InChI is InChI=1S/C22H17N3O5/c1-14-17-8-2-3-9-18(17)22(28)25(24-14)13-20(26)30-16-7-4-6-15(12-16)23-21(27)19-10-5-11-29-19/h2-12H,13H2,1H3,(H,23,27). The minimum atomic E-state index is -0.659. The third kappa shape index (κ3) is 3.97. The maximum Gasteiger partial charge on any atom is 0.333 e. The van der Waals surface area contributed by atoms with Crippen molar-refractivity contribution < 1.29 is 18.7 Å². The summed E-state index contributed by atoms with van der Waals surface area (Å²) in [7, 11) is 0. The Kier molecular flexibility index (Phi) is 5.13. The first-order valence-electron chi connectivity index (χ1n) is 9.13. The van der Waals surface area contributed by atoms with Crippen LogP contribution in [-0.2, 0) is 11.3 Å². The van der Waals surface area contributed by atoms with Crippen molar-refractivity contribution in [2.24, 2.45) is 0 Å². The quantitative estimate of drug-likeness (QED) is 0.406. The lowest BCUT2D eigenvalue weighted by Gasteiger charge is -2.10. The molecular weight excluding hydrogens is 386 g/mol. The number of carbonyl (C=O) groups is 2. The molecular formula is C22H17N3O5. The van der Waals surface area contributed by atoms with Gasteiger partial charge in [-0.15, -0.1) is 0 Å². The Balaban J connectivity index is 1.48. The van der Waals surface area contributed by atoms with Crippen LogP contribution in [0.25, 0.3) is 10.8 Å². The Morgan fingerprint density at radius 2 is 1.87 bits per heavy atom. The summed E-state index contributed by atoms with van der Waals surface area (Å²) in [6, 6.07) is 16.6. The molecule has 150 valence electrons. The molecule has 0 fully saturated rings. The number of ether oxygens (including phenoxy) is 1. The highest BCUT2D eigenvalue weighted by molar-refractivity contribution is 6.02. The van der Waals surface area contributed by atoms with E-state index in [1.807, 2.05) is 12.1 Å². The first kappa shape index (κ1) is 19.1. The Bertz CT molecular complexity index is 1290. The van der Waals surface area contributed by atoms with Gasteiger partial charge in [0.05, 0.1) is 17.3 Å². The van der Waals surface area contributed by atoms with E-state index in [0.29, 0.717) is 16.8 Å². The van der Waals surface area contributed by atoms with Gasteiger partial charge in [0.1, 0.15) is 12.3 Å². The number of aromatic nitrogens is 2. The number of fused-ring (bicyclic) bond motifs is 1. The van der Waals surface area contributed by atoms with E-state index in [2.05, 4.69) is 10.4 Å². The number of aryl methyl sites for hydroxylation is 1. The number of amides is 1. The maximum absolute atomic E-state index is 12.6. The number of nitrogens with zero attached hydrogens (tertiary/aromatic N) is 2. The monoisotopic (exact) mass is 403 g/mol. The first-order valence-corrected chi connectivity index (χ1v) is 9.13. The highest BCUT2D eigenvalue weighted by atomic mass is 16.5. The molecule has 0 bridgehead atoms. The zero-order valence-electron chi connectivity index (χ0n) is 16.0. The molecule has 4 rings (SSSR count). The number of nitrogens with one attached hydrogen (secondary N) is 1. The molecule has 0 aliphatic carbocycles. The number of anilines is 1. The van der Waals surface area contributed by atoms with E-state index < -0.39 is 11.9 Å². The van der Waals surface area contributed by atoms with Crippen molar-refractivity contribution in [1.29, 1.82) is 0 Å². The van der Waals surface area contributed by atoms with Gasteiger partial charge in [-0.3, -0.25) is 9.59 Å². The molecule has 30 heavy (non-hydrogen) atoms. The summed E-state index contributed by atoms with van der Waals surface area (Å²) in [4.78, 5) is 37.0. The number of hydrogen-bond acceptors (Lipinski definition) is 6. The molecule has 8 heteroatoms. The van der Waals surface area contributed by atoms with Gasteiger partial charge in [0.25, 0.3) is 11.5 Å². The fourth-order valence-electron chi connectivity index (χ4n) is 3.04. The normalized spacial score (nSPS) is 10.7. The van der Waals surface area contributed by atoms with Gasteiger partial charge in [-0.25, -0.2) is 9.48 Å². The van der Waals surface area contributed by atoms with E-state index >= 15 is 0 Å². The second kappa shape index (κ2) is 8.04. The van der Waals surface area contributed by atoms with Gasteiger partial charge in [-0.1, -0.05) is 24.3 Å². The number of hydrogen-bond donors (Lipinski definition) is 1. The van der Waals surface area contributed by atoms with E-state index in [1.165, 1.54) is 18.4 Å². The van der Waals surface area contributed by atoms with Gasteiger partial charge in [0.2, 0.25) is 0 Å². The third-order valence-electron chi connectivity index (χ3n) is 4.40. The van der Waals surface area contributed by atoms with Gasteiger partial charge in [0.15, 0.2) is 5.76 Å². The molecule has 0 unspecified atom stereocenters. The highest BCUT2D eigenvalue weighted by Gasteiger charge is 2.13. The van der Waals surface area contributed by atoms with Crippen molar-refractivity contribution in [3.8, 4) is 5.75 Å². The van der Waals surface area contributed by atoms with E-state index in [-0.39, 0.29) is 23.6 Å². The van der Waals surface area contributed by atoms with E-state index in [9.17, 15) is 14.4 Å². The van der Waals surface area contributed by atoms with Crippen LogP contribution in [0.2, 0.25) is 0 Å². The van der Waals surface area contributed by atoms with Crippen LogP contribution in [0, 0.1) is 6.92 Å². The lowest BCUT2D eigenvalue weighted by Crippen LogP contribution is -2.29. The SMILES string of the molecule is Cc1nn(CC(=O)Oc2cccc(NC(=O)c3ccco3)c2)c(=O)c2ccccc12. The summed E-state index contributed by atoms with van der Waals surface area (Å²) in [5.74, 6) is -0.697. The second-order valence-corrected chi connectivity index (χ2v) is 6.53. The third-order valence-corrected chi connectivity index (χ3v) is 4.40. The summed E-state index contributed by atoms with van der Waals surface area (Å²) < 4.78 is 11.5. The molecule has 0 aliphatic rings. The predicted molar refractivity (Wildman–Crippen MR) is 109 cm³/mol. The Hall–Kier alpha value is -4.20. The molecule has 8 nitrogen and oxygen atoms in total. The lowest BCUT2D eigenvalue weighted by molar-refractivity contribution is -0.135. The average Bonchev–Trinajstić information content (AvgIpc) is 3.27. The van der Waals surface area contributed by atoms with Gasteiger partial charge in [-0.05, 0) is 37.3 Å². The van der Waals surface area contributed by atoms with Crippen molar-refractivity contribution >= 4 is 28.3 Å². The van der Waals surface area contributed by atoms with Gasteiger partial charge in [0, 0.05) is 17.1 Å². The lowest BCUT2D eigenvalue weighted by atomic mass is 10.1. The van der Waals surface area contributed by atoms with Crippen LogP contribution in [-0.4, -0.2) is 21.7 Å². The van der Waals surface area contributed by atoms with E-state index in [4.69, 9.17) is 9.15 Å². The first-order chi connectivity index (χ1) is 14.5. The largest absolute Gasteiger partial charge is 0.459 e. The summed E-state index contributed by atoms with van der Waals surface area (Å²) >= 11 is 0. The molecule has 0 saturated carbocycles. The van der Waals surface area contributed by atoms with E-state index in [1.54, 1.807) is 43.3 Å². The zero-order chi connectivity index (χ0) is 21.1. The highest BCUT2D eigenvalue weighted by Crippen LogP contribution is 2.19. The summed E-state index contributed by atoms with van der Waals surface area (Å²) in [5, 5.41) is 8.09. The number of benzene rings is 2. The second-order valence-electron chi connectivity index (χ2n) is 6.53. The number of furan rings is 1. The minimum absolute atomic E-state index is 0.162. The van der Waals surface area contributed by atoms with Gasteiger partial charge in [-0.2, -0.15) is 5.10 Å². The molecule has 2 heterocycles. The maximum atomic E-state index is 12.6. The summed E-state index contributed by atoms with van der Waals surface area (Å²) in [6.07, 6.45) is 1.40. The predicted octanol–water partition coefficient (Wildman–Crippen LogP) is 3.16. The Morgan fingerprint density at radius 1 is 1.07 bits per heavy atom. The van der Waals surface area contributed by atoms with Crippen molar-refractivity contribution in [3.63, 3.8) is 0 Å². The van der Waals surface area contributed by atoms with Crippen molar-refractivity contribution in [1.82, 2.24) is 9.78 Å². The summed E-state index contributed by atoms with van der Waals surface area (Å²) in [5.41, 5.74) is 0.701. The fourth-order valence-corrected chi connectivity index (χ4v) is 3.04. The van der Waals surface area contributed by atoms with Crippen LogP contribution in [0.3, 0.4) is 0 Å². The van der Waals surface area contributed by atoms with Gasteiger partial charge < -0.3 is 14.5 Å². The topological polar surface area (TPSA) is 103 Å². The van der Waals surface area contributed by atoms with Crippen LogP contribution in [0.1, 0.15) is 16.2 Å². The smallest absolute Gasteiger partial charge is 0.333 e. The van der Waals surface area contributed by atoms with E-state index in [0.717, 1.165) is 10.1 Å². The molecule has 0 aliphatic heterocycles. The van der Waals surface area contributed by atoms with Crippen LogP contribution in [0.5, 0.6) is 5.75 Å². The van der Waals surface area contributed by atoms with Crippen LogP contribution >= 0.6 is 0 Å². The van der Waals surface area contributed by atoms with Crippen LogP contribution < -0.4 is 15.6 Å². The van der Waals surface area contributed by atoms with Crippen LogP contribution in [0.4, 0.5) is 5.69 Å². The Morgan fingerprint density at radius 3 is 2.63 bits per heavy atom. The number of rotatable bonds is 5. The average molecular weight is 403 g/mol. The molecule has 0 spiro atoms. The molecule has 0 radical (unpaired) electrons. The van der Waals surface area contributed by atoms with Gasteiger partial charge >= 0.3 is 5.97 Å². The Labute approximate surface area is 170 Å². The van der Waals surface area contributed by atoms with Crippen molar-refractivity contribution in [2.45, 2.75) is 13.5 Å². The molecule has 2 aromatic carbocycles. The molecule has 1 N–H and O–H groups in total. The molecule has 1 amide bonds. The van der Waals surface area contributed by atoms with Crippen molar-refractivity contribution in [3.05, 3.63) is 88.7 Å². The number of esters is 1. The molecule has 4 aromatic rings. The zero-order valence-corrected chi connectivity index (χ0v) is 16.0. The minimum Gasteiger partial charge on any atom is -0.459 e. The molecule has 2 aromatic heterocycles. The fraction of sp³-hybridized carbons (Fsp3) is 0.0909. The number of carbonyl (C=O) groups excluding carboxylic acids is 2. The summed E-state index contributed by atoms with van der Waals surface area (Å²) in [6.45, 7) is 1.43. The molecule has 0 atom stereocenters.